The van der Waals surface area contributed by atoms with Gasteiger partial charge in [0.15, 0.2) is 24.7 Å². The van der Waals surface area contributed by atoms with Crippen molar-refractivity contribution in [1.29, 1.82) is 0 Å². The predicted octanol–water partition coefficient (Wildman–Crippen LogP) is 4.66. The monoisotopic (exact) mass is 340 g/mol. The third-order valence-electron chi connectivity index (χ3n) is 4.22. The first kappa shape index (κ1) is 16.0. The Morgan fingerprint density at radius 1 is 0.923 bits per heavy atom. The Morgan fingerprint density at radius 3 is 2.42 bits per heavy atom. The molecule has 0 atom stereocenters. The molecule has 0 saturated carbocycles. The highest BCUT2D eigenvalue weighted by Crippen LogP contribution is 2.19. The Hall–Kier alpha value is -3.46. The molecule has 4 aromatic rings. The van der Waals surface area contributed by atoms with Crippen LogP contribution in [0.4, 0.5) is 0 Å². The molecule has 0 unspecified atom stereocenters. The maximum atomic E-state index is 12.3. The van der Waals surface area contributed by atoms with Crippen molar-refractivity contribution >= 4 is 22.8 Å². The molecule has 0 aliphatic rings. The van der Waals surface area contributed by atoms with Gasteiger partial charge < -0.3 is 4.42 Å². The van der Waals surface area contributed by atoms with E-state index in [2.05, 4.69) is 16.7 Å². The highest BCUT2D eigenvalue weighted by molar-refractivity contribution is 6.06. The van der Waals surface area contributed by atoms with Crippen LogP contribution < -0.4 is 4.57 Å². The molecule has 2 aromatic heterocycles. The molecule has 0 aliphatic carbocycles. The van der Waals surface area contributed by atoms with Gasteiger partial charge in [0.2, 0.25) is 5.78 Å². The van der Waals surface area contributed by atoms with Crippen LogP contribution in [0, 0.1) is 0 Å². The molecule has 4 rings (SSSR count). The van der Waals surface area contributed by atoms with Gasteiger partial charge in [0.05, 0.1) is 0 Å². The van der Waals surface area contributed by atoms with Crippen molar-refractivity contribution in [3.8, 4) is 0 Å². The number of nitrogens with zero attached hydrogens (tertiary/aromatic N) is 1. The third-order valence-corrected chi connectivity index (χ3v) is 4.22. The molecule has 26 heavy (non-hydrogen) atoms. The Kier molecular flexibility index (Phi) is 4.44. The van der Waals surface area contributed by atoms with Gasteiger partial charge in [-0.2, -0.15) is 0 Å². The van der Waals surface area contributed by atoms with E-state index in [9.17, 15) is 4.79 Å². The summed E-state index contributed by atoms with van der Waals surface area (Å²) in [7, 11) is 0. The largest absolute Gasteiger partial charge is 0.453 e. The zero-order chi connectivity index (χ0) is 17.8. The van der Waals surface area contributed by atoms with Crippen molar-refractivity contribution in [2.75, 3.05) is 0 Å². The minimum Gasteiger partial charge on any atom is -0.453 e. The smallest absolute Gasteiger partial charge is 0.221 e. The van der Waals surface area contributed by atoms with Crippen molar-refractivity contribution in [3.63, 3.8) is 0 Å². The predicted molar refractivity (Wildman–Crippen MR) is 102 cm³/mol. The Bertz CT molecular complexity index is 1030. The van der Waals surface area contributed by atoms with Gasteiger partial charge in [0.1, 0.15) is 5.58 Å². The molecule has 2 heterocycles. The summed E-state index contributed by atoms with van der Waals surface area (Å²) in [6, 6.07) is 23.7. The van der Waals surface area contributed by atoms with E-state index in [0.29, 0.717) is 5.76 Å². The van der Waals surface area contributed by atoms with Crippen LogP contribution >= 0.6 is 0 Å². The molecule has 3 nitrogen and oxygen atoms in total. The average molecular weight is 340 g/mol. The summed E-state index contributed by atoms with van der Waals surface area (Å²) in [5, 5.41) is 0.936. The number of para-hydroxylation sites is 1. The Labute approximate surface area is 151 Å². The van der Waals surface area contributed by atoms with E-state index >= 15 is 0 Å². The molecule has 0 fully saturated rings. The first-order valence-corrected chi connectivity index (χ1v) is 8.52. The maximum Gasteiger partial charge on any atom is 0.221 e. The van der Waals surface area contributed by atoms with Gasteiger partial charge in [-0.3, -0.25) is 4.79 Å². The van der Waals surface area contributed by atoms with Crippen LogP contribution in [0.15, 0.2) is 95.7 Å². The number of hydrogen-bond donors (Lipinski definition) is 0. The number of allylic oxidation sites excluding steroid dienone is 1. The van der Waals surface area contributed by atoms with Gasteiger partial charge in [0.25, 0.3) is 0 Å². The van der Waals surface area contributed by atoms with E-state index in [1.807, 2.05) is 73.1 Å². The molecule has 3 heteroatoms. The topological polar surface area (TPSA) is 34.1 Å². The minimum atomic E-state index is -0.137. The molecule has 0 N–H and O–H groups in total. The molecule has 2 aromatic carbocycles. The molecular formula is C23H18NO2+. The second-order valence-corrected chi connectivity index (χ2v) is 6.14. The van der Waals surface area contributed by atoms with Gasteiger partial charge in [-0.05, 0) is 23.8 Å². The Morgan fingerprint density at radius 2 is 1.65 bits per heavy atom. The number of furan rings is 1. The van der Waals surface area contributed by atoms with Crippen LogP contribution in [0.5, 0.6) is 0 Å². The van der Waals surface area contributed by atoms with Crippen molar-refractivity contribution in [1.82, 2.24) is 0 Å². The van der Waals surface area contributed by atoms with Crippen LogP contribution in [0.25, 0.3) is 17.0 Å². The summed E-state index contributed by atoms with van der Waals surface area (Å²) in [6.07, 6.45) is 7.38. The van der Waals surface area contributed by atoms with Crippen LogP contribution in [-0.4, -0.2) is 5.78 Å². The van der Waals surface area contributed by atoms with Crippen LogP contribution in [-0.2, 0) is 6.54 Å². The van der Waals surface area contributed by atoms with Crippen molar-refractivity contribution in [2.45, 2.75) is 6.54 Å². The maximum absolute atomic E-state index is 12.3. The molecule has 126 valence electrons. The van der Waals surface area contributed by atoms with E-state index in [4.69, 9.17) is 4.42 Å². The molecule has 0 bridgehead atoms. The summed E-state index contributed by atoms with van der Waals surface area (Å²) in [5.41, 5.74) is 2.95. The quantitative estimate of drug-likeness (QED) is 0.301. The zero-order valence-electron chi connectivity index (χ0n) is 14.2. The normalized spacial score (nSPS) is 11.2. The fourth-order valence-electron chi connectivity index (χ4n) is 2.84. The Balaban J connectivity index is 1.45. The SMILES string of the molecule is O=C(/C=C/c1cc[n+](Cc2ccccc2)cc1)c1cc2ccccc2o1. The summed E-state index contributed by atoms with van der Waals surface area (Å²) in [6.45, 7) is 0.822. The lowest BCUT2D eigenvalue weighted by Crippen LogP contribution is -2.33. The number of ketones is 1. The van der Waals surface area contributed by atoms with Crippen LogP contribution in [0.3, 0.4) is 0 Å². The van der Waals surface area contributed by atoms with Gasteiger partial charge in [-0.1, -0.05) is 54.6 Å². The van der Waals surface area contributed by atoms with E-state index in [1.165, 1.54) is 5.56 Å². The second kappa shape index (κ2) is 7.19. The minimum absolute atomic E-state index is 0.137. The molecule has 0 amide bonds. The van der Waals surface area contributed by atoms with Gasteiger partial charge in [0, 0.05) is 23.1 Å². The molecule has 0 radical (unpaired) electrons. The number of aromatic nitrogens is 1. The van der Waals surface area contributed by atoms with Crippen molar-refractivity contribution in [2.24, 2.45) is 0 Å². The zero-order valence-corrected chi connectivity index (χ0v) is 14.2. The van der Waals surface area contributed by atoms with Crippen molar-refractivity contribution in [3.05, 3.63) is 108 Å². The molecule has 0 saturated heterocycles. The fraction of sp³-hybridized carbons (Fsp3) is 0.0435. The average Bonchev–Trinajstić information content (AvgIpc) is 3.12. The van der Waals surface area contributed by atoms with Gasteiger partial charge in [-0.25, -0.2) is 4.57 Å². The second-order valence-electron chi connectivity index (χ2n) is 6.14. The lowest BCUT2D eigenvalue weighted by Gasteiger charge is -1.98. The van der Waals surface area contributed by atoms with Crippen LogP contribution in [0.2, 0.25) is 0 Å². The van der Waals surface area contributed by atoms with Crippen LogP contribution in [0.1, 0.15) is 21.7 Å². The summed E-state index contributed by atoms with van der Waals surface area (Å²) >= 11 is 0. The summed E-state index contributed by atoms with van der Waals surface area (Å²) in [4.78, 5) is 12.3. The fourth-order valence-corrected chi connectivity index (χ4v) is 2.84. The van der Waals surface area contributed by atoms with E-state index in [0.717, 1.165) is 23.1 Å². The number of pyridine rings is 1. The first-order chi connectivity index (χ1) is 12.8. The third kappa shape index (κ3) is 3.62. The van der Waals surface area contributed by atoms with E-state index < -0.39 is 0 Å². The lowest BCUT2D eigenvalue weighted by atomic mass is 10.2. The highest BCUT2D eigenvalue weighted by atomic mass is 16.3. The lowest BCUT2D eigenvalue weighted by molar-refractivity contribution is -0.688. The van der Waals surface area contributed by atoms with E-state index in [-0.39, 0.29) is 5.78 Å². The summed E-state index contributed by atoms with van der Waals surface area (Å²) < 4.78 is 7.70. The standard InChI is InChI=1S/C23H18NO2/c25-21(23-16-20-8-4-5-9-22(20)26-23)11-10-18-12-14-24(15-13-18)17-19-6-2-1-3-7-19/h1-16H,17H2/q+1/b11-10+. The number of rotatable bonds is 5. The molecular weight excluding hydrogens is 322 g/mol. The van der Waals surface area contributed by atoms with Gasteiger partial charge >= 0.3 is 0 Å². The number of benzene rings is 2. The molecule has 0 spiro atoms. The highest BCUT2D eigenvalue weighted by Gasteiger charge is 2.09. The summed E-state index contributed by atoms with van der Waals surface area (Å²) in [5.74, 6) is 0.222. The number of hydrogen-bond acceptors (Lipinski definition) is 2. The number of carbonyl (C=O) groups is 1. The number of fused-ring (bicyclic) bond motifs is 1. The first-order valence-electron chi connectivity index (χ1n) is 8.52. The number of carbonyl (C=O) groups excluding carboxylic acids is 1. The van der Waals surface area contributed by atoms with Crippen molar-refractivity contribution < 1.29 is 13.8 Å². The van der Waals surface area contributed by atoms with Gasteiger partial charge in [-0.15, -0.1) is 0 Å². The molecule has 0 aliphatic heterocycles. The van der Waals surface area contributed by atoms with E-state index in [1.54, 1.807) is 12.1 Å².